The van der Waals surface area contributed by atoms with E-state index in [2.05, 4.69) is 34.0 Å². The Morgan fingerprint density at radius 1 is 1.21 bits per heavy atom. The normalized spacial score (nSPS) is 10.3. The maximum absolute atomic E-state index is 12.1. The molecule has 0 unspecified atom stereocenters. The van der Waals surface area contributed by atoms with Gasteiger partial charge >= 0.3 is 0 Å². The highest BCUT2D eigenvalue weighted by Crippen LogP contribution is 2.12. The van der Waals surface area contributed by atoms with E-state index in [-0.39, 0.29) is 5.91 Å². The molecule has 24 heavy (non-hydrogen) atoms. The Hall–Kier alpha value is -2.63. The number of hydrogen-bond acceptors (Lipinski definition) is 5. The SMILES string of the molecule is CCN(CC)c1cnc(C(=O)NCCc2cccc(OC)c2)cn1. The Kier molecular flexibility index (Phi) is 6.54. The van der Waals surface area contributed by atoms with E-state index in [1.165, 1.54) is 6.20 Å². The monoisotopic (exact) mass is 328 g/mol. The number of aromatic nitrogens is 2. The average molecular weight is 328 g/mol. The van der Waals surface area contributed by atoms with Gasteiger partial charge in [0.15, 0.2) is 0 Å². The molecule has 0 aliphatic heterocycles. The lowest BCUT2D eigenvalue weighted by atomic mass is 10.1. The first-order valence-electron chi connectivity index (χ1n) is 8.16. The molecule has 0 fully saturated rings. The second-order valence-electron chi connectivity index (χ2n) is 5.29. The molecule has 2 rings (SSSR count). The van der Waals surface area contributed by atoms with Gasteiger partial charge in [-0.2, -0.15) is 0 Å². The topological polar surface area (TPSA) is 67.4 Å². The molecule has 1 amide bonds. The van der Waals surface area contributed by atoms with E-state index in [9.17, 15) is 4.79 Å². The van der Waals surface area contributed by atoms with Gasteiger partial charge in [0.2, 0.25) is 0 Å². The fraction of sp³-hybridized carbons (Fsp3) is 0.389. The van der Waals surface area contributed by atoms with Gasteiger partial charge in [-0.1, -0.05) is 12.1 Å². The predicted molar refractivity (Wildman–Crippen MR) is 94.6 cm³/mol. The van der Waals surface area contributed by atoms with Crippen LogP contribution in [0.2, 0.25) is 0 Å². The molecule has 128 valence electrons. The molecule has 1 aromatic heterocycles. The minimum absolute atomic E-state index is 0.212. The third-order valence-corrected chi connectivity index (χ3v) is 3.79. The van der Waals surface area contributed by atoms with Gasteiger partial charge in [0, 0.05) is 19.6 Å². The molecule has 0 bridgehead atoms. The van der Waals surface area contributed by atoms with Gasteiger partial charge in [-0.25, -0.2) is 9.97 Å². The smallest absolute Gasteiger partial charge is 0.271 e. The van der Waals surface area contributed by atoms with Crippen LogP contribution in [0.15, 0.2) is 36.7 Å². The van der Waals surface area contributed by atoms with Gasteiger partial charge in [0.05, 0.1) is 19.5 Å². The summed E-state index contributed by atoms with van der Waals surface area (Å²) in [6.45, 7) is 6.37. The number of anilines is 1. The summed E-state index contributed by atoms with van der Waals surface area (Å²) in [5.74, 6) is 1.39. The number of benzene rings is 1. The first-order chi connectivity index (χ1) is 11.7. The zero-order valence-electron chi connectivity index (χ0n) is 14.5. The molecule has 1 heterocycles. The number of rotatable bonds is 8. The van der Waals surface area contributed by atoms with E-state index in [0.717, 1.165) is 36.6 Å². The van der Waals surface area contributed by atoms with Crippen molar-refractivity contribution in [3.63, 3.8) is 0 Å². The van der Waals surface area contributed by atoms with Crippen LogP contribution in [0.5, 0.6) is 5.75 Å². The molecule has 1 N–H and O–H groups in total. The van der Waals surface area contributed by atoms with Crippen LogP contribution in [0.1, 0.15) is 29.9 Å². The van der Waals surface area contributed by atoms with Gasteiger partial charge in [-0.05, 0) is 38.0 Å². The van der Waals surface area contributed by atoms with Crippen LogP contribution in [0, 0.1) is 0 Å². The van der Waals surface area contributed by atoms with Crippen LogP contribution in [0.3, 0.4) is 0 Å². The first-order valence-corrected chi connectivity index (χ1v) is 8.16. The molecule has 2 aromatic rings. The number of carbonyl (C=O) groups is 1. The summed E-state index contributed by atoms with van der Waals surface area (Å²) >= 11 is 0. The van der Waals surface area contributed by atoms with E-state index in [1.54, 1.807) is 13.3 Å². The van der Waals surface area contributed by atoms with Crippen LogP contribution in [0.4, 0.5) is 5.82 Å². The van der Waals surface area contributed by atoms with Crippen molar-refractivity contribution in [2.45, 2.75) is 20.3 Å². The molecule has 0 saturated carbocycles. The molecule has 0 saturated heterocycles. The third kappa shape index (κ3) is 4.68. The maximum atomic E-state index is 12.1. The van der Waals surface area contributed by atoms with Crippen molar-refractivity contribution in [3.05, 3.63) is 47.9 Å². The van der Waals surface area contributed by atoms with Gasteiger partial charge in [-0.15, -0.1) is 0 Å². The van der Waals surface area contributed by atoms with Crippen molar-refractivity contribution >= 4 is 11.7 Å². The summed E-state index contributed by atoms with van der Waals surface area (Å²) in [6, 6.07) is 7.81. The molecular weight excluding hydrogens is 304 g/mol. The summed E-state index contributed by atoms with van der Waals surface area (Å²) in [6.07, 6.45) is 3.90. The van der Waals surface area contributed by atoms with Crippen molar-refractivity contribution < 1.29 is 9.53 Å². The molecule has 0 spiro atoms. The van der Waals surface area contributed by atoms with Gasteiger partial charge < -0.3 is 15.0 Å². The standard InChI is InChI=1S/C18H24N4O2/c1-4-22(5-2)17-13-20-16(12-21-17)18(23)19-10-9-14-7-6-8-15(11-14)24-3/h6-8,11-13H,4-5,9-10H2,1-3H3,(H,19,23). The Morgan fingerprint density at radius 3 is 2.62 bits per heavy atom. The maximum Gasteiger partial charge on any atom is 0.271 e. The minimum atomic E-state index is -0.212. The molecule has 0 aliphatic rings. The Labute approximate surface area is 142 Å². The van der Waals surface area contributed by atoms with Crippen LogP contribution in [0.25, 0.3) is 0 Å². The number of hydrogen-bond donors (Lipinski definition) is 1. The Morgan fingerprint density at radius 2 is 2.00 bits per heavy atom. The lowest BCUT2D eigenvalue weighted by Crippen LogP contribution is -2.27. The zero-order valence-corrected chi connectivity index (χ0v) is 14.5. The highest BCUT2D eigenvalue weighted by molar-refractivity contribution is 5.92. The van der Waals surface area contributed by atoms with Gasteiger partial charge in [0.1, 0.15) is 17.3 Å². The van der Waals surface area contributed by atoms with Crippen LogP contribution >= 0.6 is 0 Å². The Bertz CT molecular complexity index is 654. The average Bonchev–Trinajstić information content (AvgIpc) is 2.63. The highest BCUT2D eigenvalue weighted by atomic mass is 16.5. The van der Waals surface area contributed by atoms with E-state index < -0.39 is 0 Å². The number of ether oxygens (including phenoxy) is 1. The van der Waals surface area contributed by atoms with Crippen LogP contribution in [-0.4, -0.2) is 42.6 Å². The second kappa shape index (κ2) is 8.86. The van der Waals surface area contributed by atoms with Crippen molar-refractivity contribution in [1.82, 2.24) is 15.3 Å². The highest BCUT2D eigenvalue weighted by Gasteiger charge is 2.09. The van der Waals surface area contributed by atoms with Gasteiger partial charge in [0.25, 0.3) is 5.91 Å². The van der Waals surface area contributed by atoms with Crippen molar-refractivity contribution in [2.24, 2.45) is 0 Å². The van der Waals surface area contributed by atoms with E-state index in [1.807, 2.05) is 24.3 Å². The molecule has 0 aliphatic carbocycles. The summed E-state index contributed by atoms with van der Waals surface area (Å²) in [4.78, 5) is 22.7. The van der Waals surface area contributed by atoms with Crippen molar-refractivity contribution in [3.8, 4) is 5.75 Å². The number of carbonyl (C=O) groups excluding carboxylic acids is 1. The van der Waals surface area contributed by atoms with Crippen LogP contribution < -0.4 is 15.0 Å². The number of nitrogens with zero attached hydrogens (tertiary/aromatic N) is 3. The summed E-state index contributed by atoms with van der Waals surface area (Å²) in [5, 5.41) is 2.87. The molecule has 6 nitrogen and oxygen atoms in total. The lowest BCUT2D eigenvalue weighted by molar-refractivity contribution is 0.0949. The summed E-state index contributed by atoms with van der Waals surface area (Å²) < 4.78 is 5.19. The van der Waals surface area contributed by atoms with E-state index in [0.29, 0.717) is 12.2 Å². The second-order valence-corrected chi connectivity index (χ2v) is 5.29. The molecule has 6 heteroatoms. The quantitative estimate of drug-likeness (QED) is 0.805. The minimum Gasteiger partial charge on any atom is -0.497 e. The largest absolute Gasteiger partial charge is 0.497 e. The predicted octanol–water partition coefficient (Wildman–Crippen LogP) is 2.30. The number of methoxy groups -OCH3 is 1. The van der Waals surface area contributed by atoms with E-state index >= 15 is 0 Å². The number of amides is 1. The summed E-state index contributed by atoms with van der Waals surface area (Å²) in [7, 11) is 1.64. The van der Waals surface area contributed by atoms with Crippen molar-refractivity contribution in [1.29, 1.82) is 0 Å². The zero-order chi connectivity index (χ0) is 17.4. The van der Waals surface area contributed by atoms with Crippen molar-refractivity contribution in [2.75, 3.05) is 31.6 Å². The summed E-state index contributed by atoms with van der Waals surface area (Å²) in [5.41, 5.74) is 1.44. The lowest BCUT2D eigenvalue weighted by Gasteiger charge is -2.18. The number of nitrogens with one attached hydrogen (secondary N) is 1. The first kappa shape index (κ1) is 17.7. The van der Waals surface area contributed by atoms with Gasteiger partial charge in [-0.3, -0.25) is 4.79 Å². The third-order valence-electron chi connectivity index (χ3n) is 3.79. The molecular formula is C18H24N4O2. The molecule has 0 atom stereocenters. The Balaban J connectivity index is 1.88. The fourth-order valence-electron chi connectivity index (χ4n) is 2.39. The fourth-order valence-corrected chi connectivity index (χ4v) is 2.39. The van der Waals surface area contributed by atoms with Crippen LogP contribution in [-0.2, 0) is 6.42 Å². The van der Waals surface area contributed by atoms with E-state index in [4.69, 9.17) is 4.74 Å². The molecule has 0 radical (unpaired) electrons. The molecule has 1 aromatic carbocycles.